The zero-order valence-corrected chi connectivity index (χ0v) is 13.3. The molecule has 0 radical (unpaired) electrons. The average molecular weight is 291 g/mol. The monoisotopic (exact) mass is 291 g/mol. The summed E-state index contributed by atoms with van der Waals surface area (Å²) < 4.78 is 0. The first-order chi connectivity index (χ1) is 9.80. The van der Waals surface area contributed by atoms with Crippen LogP contribution in [0.2, 0.25) is 0 Å². The summed E-state index contributed by atoms with van der Waals surface area (Å²) in [4.78, 5) is 23.5. The quantitative estimate of drug-likeness (QED) is 0.810. The molecule has 2 atom stereocenters. The van der Waals surface area contributed by atoms with Crippen molar-refractivity contribution in [1.82, 2.24) is 5.32 Å². The Morgan fingerprint density at radius 1 is 1.33 bits per heavy atom. The van der Waals surface area contributed by atoms with E-state index in [4.69, 9.17) is 0 Å². The fraction of sp³-hybridized carbons (Fsp3) is 0.529. The molecule has 0 aliphatic rings. The molecule has 1 rings (SSSR count). The number of nitrogens with one attached hydrogen (secondary N) is 1. The van der Waals surface area contributed by atoms with Gasteiger partial charge in [0.05, 0.1) is 0 Å². The van der Waals surface area contributed by atoms with Crippen LogP contribution in [-0.4, -0.2) is 22.5 Å². The van der Waals surface area contributed by atoms with E-state index in [0.29, 0.717) is 12.8 Å². The third-order valence-corrected chi connectivity index (χ3v) is 3.85. The second-order valence-electron chi connectivity index (χ2n) is 5.90. The Bertz CT molecular complexity index is 513. The number of carbonyl (C=O) groups is 2. The minimum absolute atomic E-state index is 0.0610. The molecule has 4 heteroatoms. The van der Waals surface area contributed by atoms with Crippen molar-refractivity contribution in [2.75, 3.05) is 0 Å². The van der Waals surface area contributed by atoms with Gasteiger partial charge in [-0.25, -0.2) is 4.79 Å². The van der Waals surface area contributed by atoms with Crippen LogP contribution in [0.5, 0.6) is 0 Å². The highest BCUT2D eigenvalue weighted by Gasteiger charge is 2.34. The minimum atomic E-state index is -1.18. The van der Waals surface area contributed by atoms with Crippen LogP contribution < -0.4 is 5.32 Å². The van der Waals surface area contributed by atoms with Crippen LogP contribution in [0.4, 0.5) is 0 Å². The van der Waals surface area contributed by atoms with Crippen molar-refractivity contribution < 1.29 is 14.7 Å². The van der Waals surface area contributed by atoms with E-state index in [0.717, 1.165) is 11.1 Å². The standard InChI is InChI=1S/C17H25NO3/c1-5-10-17(4,16(20)21)18-15(19)11-13(3)14-9-7-6-8-12(14)2/h6-9,13H,5,10-11H2,1-4H3,(H,18,19)(H,20,21). The number of carbonyl (C=O) groups excluding carboxylic acids is 1. The third-order valence-electron chi connectivity index (χ3n) is 3.85. The van der Waals surface area contributed by atoms with Crippen molar-refractivity contribution in [2.24, 2.45) is 0 Å². The molecule has 0 aliphatic carbocycles. The van der Waals surface area contributed by atoms with Gasteiger partial charge >= 0.3 is 5.97 Å². The van der Waals surface area contributed by atoms with Gasteiger partial charge < -0.3 is 10.4 Å². The number of hydrogen-bond acceptors (Lipinski definition) is 2. The first kappa shape index (κ1) is 17.2. The zero-order valence-electron chi connectivity index (χ0n) is 13.3. The number of hydrogen-bond donors (Lipinski definition) is 2. The lowest BCUT2D eigenvalue weighted by atomic mass is 9.92. The number of aliphatic carboxylic acids is 1. The Kier molecular flexibility index (Phi) is 5.94. The lowest BCUT2D eigenvalue weighted by Crippen LogP contribution is -2.52. The lowest BCUT2D eigenvalue weighted by Gasteiger charge is -2.26. The molecule has 1 aromatic rings. The largest absolute Gasteiger partial charge is 0.480 e. The topological polar surface area (TPSA) is 66.4 Å². The van der Waals surface area contributed by atoms with Gasteiger partial charge in [-0.1, -0.05) is 44.5 Å². The van der Waals surface area contributed by atoms with E-state index in [1.165, 1.54) is 0 Å². The Morgan fingerprint density at radius 2 is 1.95 bits per heavy atom. The van der Waals surface area contributed by atoms with Crippen molar-refractivity contribution in [3.63, 3.8) is 0 Å². The van der Waals surface area contributed by atoms with Crippen LogP contribution in [0, 0.1) is 6.92 Å². The maximum Gasteiger partial charge on any atom is 0.329 e. The molecule has 0 fully saturated rings. The van der Waals surface area contributed by atoms with Gasteiger partial charge in [0.2, 0.25) is 5.91 Å². The summed E-state index contributed by atoms with van der Waals surface area (Å²) in [5.74, 6) is -1.14. The van der Waals surface area contributed by atoms with Gasteiger partial charge in [-0.05, 0) is 37.3 Å². The van der Waals surface area contributed by atoms with Gasteiger partial charge in [-0.2, -0.15) is 0 Å². The molecule has 2 unspecified atom stereocenters. The van der Waals surface area contributed by atoms with E-state index in [-0.39, 0.29) is 18.2 Å². The summed E-state index contributed by atoms with van der Waals surface area (Å²) in [6.07, 6.45) is 1.42. The van der Waals surface area contributed by atoms with Crippen molar-refractivity contribution in [1.29, 1.82) is 0 Å². The van der Waals surface area contributed by atoms with Gasteiger partial charge in [0.25, 0.3) is 0 Å². The summed E-state index contributed by atoms with van der Waals surface area (Å²) in [5, 5.41) is 12.0. The predicted molar refractivity (Wildman–Crippen MR) is 83.3 cm³/mol. The summed E-state index contributed by atoms with van der Waals surface area (Å²) in [5.41, 5.74) is 1.09. The van der Waals surface area contributed by atoms with E-state index in [2.05, 4.69) is 5.32 Å². The summed E-state index contributed by atoms with van der Waals surface area (Å²) >= 11 is 0. The fourth-order valence-electron chi connectivity index (χ4n) is 2.61. The highest BCUT2D eigenvalue weighted by molar-refractivity contribution is 5.86. The van der Waals surface area contributed by atoms with Gasteiger partial charge in [-0.15, -0.1) is 0 Å². The van der Waals surface area contributed by atoms with Gasteiger partial charge in [0.15, 0.2) is 0 Å². The van der Waals surface area contributed by atoms with Crippen molar-refractivity contribution in [3.05, 3.63) is 35.4 Å². The maximum atomic E-state index is 12.2. The molecule has 0 saturated heterocycles. The van der Waals surface area contributed by atoms with E-state index in [9.17, 15) is 14.7 Å². The van der Waals surface area contributed by atoms with E-state index in [1.54, 1.807) is 6.92 Å². The van der Waals surface area contributed by atoms with Gasteiger partial charge in [0.1, 0.15) is 5.54 Å². The summed E-state index contributed by atoms with van der Waals surface area (Å²) in [6, 6.07) is 7.95. The third kappa shape index (κ3) is 4.59. The summed E-state index contributed by atoms with van der Waals surface area (Å²) in [6.45, 7) is 7.47. The molecule has 21 heavy (non-hydrogen) atoms. The number of carboxylic acid groups (broad SMARTS) is 1. The number of rotatable bonds is 7. The molecule has 0 aliphatic heterocycles. The van der Waals surface area contributed by atoms with Crippen LogP contribution in [0.1, 0.15) is 57.1 Å². The van der Waals surface area contributed by atoms with E-state index < -0.39 is 11.5 Å². The molecule has 0 aromatic heterocycles. The van der Waals surface area contributed by atoms with Crippen LogP contribution in [0.15, 0.2) is 24.3 Å². The fourth-order valence-corrected chi connectivity index (χ4v) is 2.61. The van der Waals surface area contributed by atoms with Crippen molar-refractivity contribution in [3.8, 4) is 0 Å². The van der Waals surface area contributed by atoms with Crippen molar-refractivity contribution >= 4 is 11.9 Å². The number of benzene rings is 1. The predicted octanol–water partition coefficient (Wildman–Crippen LogP) is 3.25. The number of aryl methyl sites for hydroxylation is 1. The SMILES string of the molecule is CCCC(C)(NC(=O)CC(C)c1ccccc1C)C(=O)O. The Labute approximate surface area is 126 Å². The Morgan fingerprint density at radius 3 is 2.48 bits per heavy atom. The molecule has 2 N–H and O–H groups in total. The number of amides is 1. The van der Waals surface area contributed by atoms with Crippen LogP contribution in [0.3, 0.4) is 0 Å². The molecule has 4 nitrogen and oxygen atoms in total. The smallest absolute Gasteiger partial charge is 0.329 e. The zero-order chi connectivity index (χ0) is 16.0. The molecule has 1 amide bonds. The van der Waals surface area contributed by atoms with Gasteiger partial charge in [0, 0.05) is 6.42 Å². The minimum Gasteiger partial charge on any atom is -0.480 e. The average Bonchev–Trinajstić information content (AvgIpc) is 2.38. The van der Waals surface area contributed by atoms with E-state index >= 15 is 0 Å². The Hall–Kier alpha value is -1.84. The molecular weight excluding hydrogens is 266 g/mol. The maximum absolute atomic E-state index is 12.2. The summed E-state index contributed by atoms with van der Waals surface area (Å²) in [7, 11) is 0. The Balaban J connectivity index is 2.73. The second-order valence-corrected chi connectivity index (χ2v) is 5.90. The molecule has 0 spiro atoms. The van der Waals surface area contributed by atoms with Crippen molar-refractivity contribution in [2.45, 2.75) is 58.4 Å². The normalized spacial score (nSPS) is 15.0. The van der Waals surface area contributed by atoms with Crippen LogP contribution in [0.25, 0.3) is 0 Å². The lowest BCUT2D eigenvalue weighted by molar-refractivity contribution is -0.147. The molecule has 0 heterocycles. The molecule has 0 bridgehead atoms. The molecule has 116 valence electrons. The highest BCUT2D eigenvalue weighted by Crippen LogP contribution is 2.23. The number of carboxylic acids is 1. The second kappa shape index (κ2) is 7.25. The first-order valence-corrected chi connectivity index (χ1v) is 7.40. The highest BCUT2D eigenvalue weighted by atomic mass is 16.4. The van der Waals surface area contributed by atoms with E-state index in [1.807, 2.05) is 45.0 Å². The molecule has 0 saturated carbocycles. The van der Waals surface area contributed by atoms with Crippen LogP contribution >= 0.6 is 0 Å². The first-order valence-electron chi connectivity index (χ1n) is 7.40. The van der Waals surface area contributed by atoms with Crippen LogP contribution in [-0.2, 0) is 9.59 Å². The molecule has 1 aromatic carbocycles. The molecular formula is C17H25NO3. The van der Waals surface area contributed by atoms with Gasteiger partial charge in [-0.3, -0.25) is 4.79 Å².